The highest BCUT2D eigenvalue weighted by Crippen LogP contribution is 2.24. The van der Waals surface area contributed by atoms with Gasteiger partial charge in [0.15, 0.2) is 0 Å². The van der Waals surface area contributed by atoms with Crippen molar-refractivity contribution in [2.24, 2.45) is 5.92 Å². The minimum Gasteiger partial charge on any atom is -0.299 e. The molecular weight excluding hydrogens is 162 g/mol. The van der Waals surface area contributed by atoms with Crippen LogP contribution in [0.25, 0.3) is 0 Å². The van der Waals surface area contributed by atoms with Crippen molar-refractivity contribution in [1.82, 2.24) is 4.98 Å². The summed E-state index contributed by atoms with van der Waals surface area (Å²) in [5.41, 5.74) is 1.02. The van der Waals surface area contributed by atoms with E-state index < -0.39 is 0 Å². The average Bonchev–Trinajstić information content (AvgIpc) is 2.04. The fraction of sp³-hybridized carbons (Fsp3) is 0.455. The second kappa shape index (κ2) is 4.17. The summed E-state index contributed by atoms with van der Waals surface area (Å²) in [6.45, 7) is 5.75. The molecule has 0 fully saturated rings. The van der Waals surface area contributed by atoms with Crippen LogP contribution >= 0.6 is 0 Å². The first-order valence-electron chi connectivity index (χ1n) is 4.53. The molecule has 1 atom stereocenters. The molecule has 1 rings (SSSR count). The lowest BCUT2D eigenvalue weighted by Gasteiger charge is -2.17. The minimum atomic E-state index is -0.00583. The molecule has 1 aromatic heterocycles. The summed E-state index contributed by atoms with van der Waals surface area (Å²) < 4.78 is 0. The van der Waals surface area contributed by atoms with Crippen LogP contribution in [0.3, 0.4) is 0 Å². The van der Waals surface area contributed by atoms with Crippen LogP contribution in [-0.2, 0) is 4.79 Å². The zero-order valence-electron chi connectivity index (χ0n) is 8.32. The Kier molecular flexibility index (Phi) is 3.18. The Morgan fingerprint density at radius 1 is 1.46 bits per heavy atom. The number of carbonyl (C=O) groups is 1. The van der Waals surface area contributed by atoms with E-state index in [1.165, 1.54) is 0 Å². The predicted molar refractivity (Wildman–Crippen MR) is 52.5 cm³/mol. The van der Waals surface area contributed by atoms with Gasteiger partial charge < -0.3 is 0 Å². The summed E-state index contributed by atoms with van der Waals surface area (Å²) in [5, 5.41) is 0. The highest BCUT2D eigenvalue weighted by Gasteiger charge is 2.20. The highest BCUT2D eigenvalue weighted by atomic mass is 16.1. The average molecular weight is 177 g/mol. The van der Waals surface area contributed by atoms with Crippen LogP contribution in [0.2, 0.25) is 0 Å². The third kappa shape index (κ3) is 2.38. The molecule has 0 amide bonds. The fourth-order valence-corrected chi connectivity index (χ4v) is 1.65. The van der Waals surface area contributed by atoms with Gasteiger partial charge in [0, 0.05) is 18.3 Å². The zero-order valence-corrected chi connectivity index (χ0v) is 8.32. The standard InChI is InChI=1S/C11H15NO/c1-8(2)11(9(3)13)10-5-4-6-12-7-10/h4-8,11H,1-3H3. The van der Waals surface area contributed by atoms with Crippen LogP contribution in [-0.4, -0.2) is 10.8 Å². The van der Waals surface area contributed by atoms with E-state index >= 15 is 0 Å². The van der Waals surface area contributed by atoms with E-state index in [-0.39, 0.29) is 11.7 Å². The van der Waals surface area contributed by atoms with Gasteiger partial charge in [0.05, 0.1) is 0 Å². The Hall–Kier alpha value is -1.18. The number of aromatic nitrogens is 1. The molecule has 1 heterocycles. The van der Waals surface area contributed by atoms with Crippen molar-refractivity contribution in [2.45, 2.75) is 26.7 Å². The molecule has 0 aliphatic carbocycles. The van der Waals surface area contributed by atoms with Crippen LogP contribution in [0.5, 0.6) is 0 Å². The Morgan fingerprint density at radius 3 is 2.54 bits per heavy atom. The van der Waals surface area contributed by atoms with E-state index in [0.29, 0.717) is 5.92 Å². The SMILES string of the molecule is CC(=O)C(c1cccnc1)C(C)C. The van der Waals surface area contributed by atoms with E-state index in [1.54, 1.807) is 19.3 Å². The minimum absolute atomic E-state index is 0.00583. The summed E-state index contributed by atoms with van der Waals surface area (Å²) in [6, 6.07) is 3.83. The lowest BCUT2D eigenvalue weighted by Crippen LogP contribution is -2.15. The topological polar surface area (TPSA) is 30.0 Å². The van der Waals surface area contributed by atoms with Crippen molar-refractivity contribution in [3.63, 3.8) is 0 Å². The first kappa shape index (κ1) is 9.90. The maximum absolute atomic E-state index is 11.4. The van der Waals surface area contributed by atoms with Crippen molar-refractivity contribution in [2.75, 3.05) is 0 Å². The maximum Gasteiger partial charge on any atom is 0.137 e. The first-order valence-corrected chi connectivity index (χ1v) is 4.53. The summed E-state index contributed by atoms with van der Waals surface area (Å²) in [5.74, 6) is 0.540. The predicted octanol–water partition coefficient (Wildman–Crippen LogP) is 2.41. The monoisotopic (exact) mass is 177 g/mol. The third-order valence-corrected chi connectivity index (χ3v) is 2.15. The lowest BCUT2D eigenvalue weighted by atomic mass is 9.86. The van der Waals surface area contributed by atoms with Gasteiger partial charge in [-0.2, -0.15) is 0 Å². The number of ketones is 1. The molecule has 0 radical (unpaired) electrons. The number of pyridine rings is 1. The number of nitrogens with zero attached hydrogens (tertiary/aromatic N) is 1. The van der Waals surface area contributed by atoms with Crippen LogP contribution in [0.15, 0.2) is 24.5 Å². The molecule has 0 saturated carbocycles. The fourth-order valence-electron chi connectivity index (χ4n) is 1.65. The third-order valence-electron chi connectivity index (χ3n) is 2.15. The molecule has 1 aromatic rings. The molecule has 2 heteroatoms. The van der Waals surface area contributed by atoms with Gasteiger partial charge in [-0.1, -0.05) is 19.9 Å². The van der Waals surface area contributed by atoms with Gasteiger partial charge in [0.1, 0.15) is 5.78 Å². The quantitative estimate of drug-likeness (QED) is 0.709. The highest BCUT2D eigenvalue weighted by molar-refractivity contribution is 5.83. The number of Topliss-reactive ketones (excluding diaryl/α,β-unsaturated/α-hetero) is 1. The van der Waals surface area contributed by atoms with Crippen LogP contribution in [0, 0.1) is 5.92 Å². The molecule has 0 spiro atoms. The van der Waals surface area contributed by atoms with Gasteiger partial charge in [-0.15, -0.1) is 0 Å². The zero-order chi connectivity index (χ0) is 9.84. The molecule has 0 N–H and O–H groups in total. The van der Waals surface area contributed by atoms with Gasteiger partial charge in [0.2, 0.25) is 0 Å². The molecule has 13 heavy (non-hydrogen) atoms. The van der Waals surface area contributed by atoms with E-state index in [0.717, 1.165) is 5.56 Å². The Labute approximate surface area is 79.0 Å². The number of hydrogen-bond donors (Lipinski definition) is 0. The van der Waals surface area contributed by atoms with Crippen molar-refractivity contribution in [3.05, 3.63) is 30.1 Å². The molecular formula is C11H15NO. The molecule has 70 valence electrons. The number of rotatable bonds is 3. The normalized spacial score (nSPS) is 12.9. The molecule has 0 aliphatic heterocycles. The van der Waals surface area contributed by atoms with Gasteiger partial charge in [-0.25, -0.2) is 0 Å². The van der Waals surface area contributed by atoms with Crippen molar-refractivity contribution in [1.29, 1.82) is 0 Å². The van der Waals surface area contributed by atoms with E-state index in [9.17, 15) is 4.79 Å². The van der Waals surface area contributed by atoms with Crippen molar-refractivity contribution >= 4 is 5.78 Å². The second-order valence-corrected chi connectivity index (χ2v) is 3.62. The Balaban J connectivity index is 2.96. The van der Waals surface area contributed by atoms with Crippen molar-refractivity contribution in [3.8, 4) is 0 Å². The summed E-state index contributed by atoms with van der Waals surface area (Å²) in [4.78, 5) is 15.4. The summed E-state index contributed by atoms with van der Waals surface area (Å²) in [7, 11) is 0. The van der Waals surface area contributed by atoms with E-state index in [2.05, 4.69) is 18.8 Å². The summed E-state index contributed by atoms with van der Waals surface area (Å²) >= 11 is 0. The lowest BCUT2D eigenvalue weighted by molar-refractivity contribution is -0.119. The van der Waals surface area contributed by atoms with Crippen LogP contribution in [0.4, 0.5) is 0 Å². The Morgan fingerprint density at radius 2 is 2.15 bits per heavy atom. The second-order valence-electron chi connectivity index (χ2n) is 3.62. The molecule has 1 unspecified atom stereocenters. The van der Waals surface area contributed by atoms with Crippen LogP contribution in [0.1, 0.15) is 32.3 Å². The maximum atomic E-state index is 11.4. The number of carbonyl (C=O) groups excluding carboxylic acids is 1. The van der Waals surface area contributed by atoms with Crippen LogP contribution < -0.4 is 0 Å². The largest absolute Gasteiger partial charge is 0.299 e. The van der Waals surface area contributed by atoms with E-state index in [4.69, 9.17) is 0 Å². The van der Waals surface area contributed by atoms with Crippen molar-refractivity contribution < 1.29 is 4.79 Å². The van der Waals surface area contributed by atoms with Gasteiger partial charge in [-0.3, -0.25) is 9.78 Å². The molecule has 0 saturated heterocycles. The number of hydrogen-bond acceptors (Lipinski definition) is 2. The Bertz CT molecular complexity index is 279. The van der Waals surface area contributed by atoms with Gasteiger partial charge >= 0.3 is 0 Å². The molecule has 0 bridgehead atoms. The molecule has 2 nitrogen and oxygen atoms in total. The van der Waals surface area contributed by atoms with Gasteiger partial charge in [0.25, 0.3) is 0 Å². The first-order chi connectivity index (χ1) is 6.13. The van der Waals surface area contributed by atoms with Gasteiger partial charge in [-0.05, 0) is 24.5 Å². The molecule has 0 aliphatic rings. The van der Waals surface area contributed by atoms with E-state index in [1.807, 2.05) is 12.1 Å². The molecule has 0 aromatic carbocycles. The summed E-state index contributed by atoms with van der Waals surface area (Å²) in [6.07, 6.45) is 3.49. The smallest absolute Gasteiger partial charge is 0.137 e.